The Labute approximate surface area is 222 Å². The van der Waals surface area contributed by atoms with Gasteiger partial charge in [-0.15, -0.1) is 0 Å². The van der Waals surface area contributed by atoms with Gasteiger partial charge in [0.2, 0.25) is 5.91 Å². The van der Waals surface area contributed by atoms with Crippen molar-refractivity contribution in [3.05, 3.63) is 102 Å². The Balaban J connectivity index is 1.20. The zero-order valence-electron chi connectivity index (χ0n) is 21.4. The highest BCUT2D eigenvalue weighted by Gasteiger charge is 2.30. The summed E-state index contributed by atoms with van der Waals surface area (Å²) in [4.78, 5) is 27.3. The number of rotatable bonds is 9. The highest BCUT2D eigenvalue weighted by atomic mass is 16.5. The van der Waals surface area contributed by atoms with E-state index >= 15 is 0 Å². The molecule has 7 nitrogen and oxygen atoms in total. The van der Waals surface area contributed by atoms with Crippen LogP contribution in [0.4, 0.5) is 5.69 Å². The van der Waals surface area contributed by atoms with Crippen LogP contribution in [0.5, 0.6) is 11.5 Å². The lowest BCUT2D eigenvalue weighted by atomic mass is 10.1. The molecule has 0 aromatic heterocycles. The smallest absolute Gasteiger partial charge is 0.251 e. The van der Waals surface area contributed by atoms with Gasteiger partial charge in [-0.1, -0.05) is 42.5 Å². The Morgan fingerprint density at radius 2 is 1.76 bits per heavy atom. The van der Waals surface area contributed by atoms with Crippen molar-refractivity contribution in [1.82, 2.24) is 10.6 Å². The number of benzene rings is 4. The zero-order chi connectivity index (χ0) is 26.3. The van der Waals surface area contributed by atoms with Gasteiger partial charge in [-0.05, 0) is 71.3 Å². The molecule has 194 valence electrons. The number of hydrogen-bond acceptors (Lipinski definition) is 5. The number of hydrogen-bond donors (Lipinski definition) is 2. The number of carbonyl (C=O) groups is 2. The first kappa shape index (κ1) is 25.3. The minimum Gasteiger partial charge on any atom is -0.497 e. The van der Waals surface area contributed by atoms with Crippen LogP contribution in [0.15, 0.2) is 91.0 Å². The molecule has 0 aliphatic carbocycles. The predicted molar refractivity (Wildman–Crippen MR) is 149 cm³/mol. The standard InChI is InChI=1S/C31H31N3O4/c1-37-28-8-4-5-22(17-28)15-16-33-31(36)24-9-12-26(13-10-24)34-27(19-32-20-30(34)35)21-38-29-14-11-23-6-2-3-7-25(23)18-29/h2-14,17-18,27,32H,15-16,19-21H2,1H3,(H,33,36)/t27-/m1/s1. The van der Waals surface area contributed by atoms with E-state index in [1.165, 1.54) is 0 Å². The van der Waals surface area contributed by atoms with Gasteiger partial charge in [-0.3, -0.25) is 9.59 Å². The summed E-state index contributed by atoms with van der Waals surface area (Å²) < 4.78 is 11.4. The van der Waals surface area contributed by atoms with Gasteiger partial charge < -0.3 is 25.0 Å². The molecule has 2 N–H and O–H groups in total. The van der Waals surface area contributed by atoms with Crippen LogP contribution in [0.25, 0.3) is 10.8 Å². The van der Waals surface area contributed by atoms with E-state index in [0.29, 0.717) is 31.7 Å². The molecule has 0 bridgehead atoms. The van der Waals surface area contributed by atoms with Gasteiger partial charge >= 0.3 is 0 Å². The van der Waals surface area contributed by atoms with E-state index < -0.39 is 0 Å². The molecule has 4 aromatic rings. The molecule has 38 heavy (non-hydrogen) atoms. The summed E-state index contributed by atoms with van der Waals surface area (Å²) in [6.07, 6.45) is 0.704. The number of amides is 2. The first-order valence-electron chi connectivity index (χ1n) is 12.8. The molecule has 1 fully saturated rings. The van der Waals surface area contributed by atoms with E-state index in [2.05, 4.69) is 22.8 Å². The molecule has 1 aliphatic heterocycles. The number of carbonyl (C=O) groups excluding carboxylic acids is 2. The van der Waals surface area contributed by atoms with E-state index in [-0.39, 0.29) is 24.4 Å². The molecule has 7 heteroatoms. The largest absolute Gasteiger partial charge is 0.497 e. The van der Waals surface area contributed by atoms with Crippen molar-refractivity contribution >= 4 is 28.3 Å². The molecule has 4 aromatic carbocycles. The van der Waals surface area contributed by atoms with Gasteiger partial charge in [0.1, 0.15) is 18.1 Å². The summed E-state index contributed by atoms with van der Waals surface area (Å²) in [7, 11) is 1.64. The average Bonchev–Trinajstić information content (AvgIpc) is 2.96. The molecule has 1 atom stereocenters. The molecule has 0 spiro atoms. The summed E-state index contributed by atoms with van der Waals surface area (Å²) in [5.74, 6) is 1.39. The summed E-state index contributed by atoms with van der Waals surface area (Å²) in [5.41, 5.74) is 2.39. The predicted octanol–water partition coefficient (Wildman–Crippen LogP) is 4.20. The van der Waals surface area contributed by atoms with E-state index in [1.807, 2.05) is 66.7 Å². The number of nitrogens with zero attached hydrogens (tertiary/aromatic N) is 1. The van der Waals surface area contributed by atoms with Crippen LogP contribution >= 0.6 is 0 Å². The van der Waals surface area contributed by atoms with Crippen LogP contribution in [0.1, 0.15) is 15.9 Å². The fraction of sp³-hybridized carbons (Fsp3) is 0.226. The average molecular weight is 510 g/mol. The van der Waals surface area contributed by atoms with Crippen LogP contribution in [0, 0.1) is 0 Å². The number of methoxy groups -OCH3 is 1. The first-order valence-corrected chi connectivity index (χ1v) is 12.8. The Morgan fingerprint density at radius 3 is 2.58 bits per heavy atom. The van der Waals surface area contributed by atoms with E-state index in [0.717, 1.165) is 33.5 Å². The summed E-state index contributed by atoms with van der Waals surface area (Å²) >= 11 is 0. The SMILES string of the molecule is COc1cccc(CCNC(=O)c2ccc(N3C(=O)CNC[C@@H]3COc3ccc4ccccc4c3)cc2)c1. The van der Waals surface area contributed by atoms with Gasteiger partial charge in [0.25, 0.3) is 5.91 Å². The van der Waals surface area contributed by atoms with E-state index in [1.54, 1.807) is 24.1 Å². The van der Waals surface area contributed by atoms with Crippen molar-refractivity contribution in [2.24, 2.45) is 0 Å². The molecule has 0 saturated carbocycles. The molecular formula is C31H31N3O4. The molecule has 0 radical (unpaired) electrons. The van der Waals surface area contributed by atoms with E-state index in [4.69, 9.17) is 9.47 Å². The lowest BCUT2D eigenvalue weighted by Crippen LogP contribution is -2.57. The third-order valence-corrected chi connectivity index (χ3v) is 6.69. The number of ether oxygens (including phenoxy) is 2. The molecule has 0 unspecified atom stereocenters. The van der Waals surface area contributed by atoms with Crippen LogP contribution in [0.2, 0.25) is 0 Å². The monoisotopic (exact) mass is 509 g/mol. The summed E-state index contributed by atoms with van der Waals surface area (Å²) in [5, 5.41) is 8.40. The van der Waals surface area contributed by atoms with Crippen molar-refractivity contribution in [2.75, 3.05) is 38.3 Å². The molecule has 1 saturated heterocycles. The topological polar surface area (TPSA) is 79.9 Å². The van der Waals surface area contributed by atoms with Gasteiger partial charge in [0.05, 0.1) is 19.7 Å². The van der Waals surface area contributed by atoms with Gasteiger partial charge in [0, 0.05) is 24.3 Å². The van der Waals surface area contributed by atoms with Crippen molar-refractivity contribution in [2.45, 2.75) is 12.5 Å². The van der Waals surface area contributed by atoms with Crippen LogP contribution in [0.3, 0.4) is 0 Å². The van der Waals surface area contributed by atoms with Crippen molar-refractivity contribution in [3.8, 4) is 11.5 Å². The minimum atomic E-state index is -0.176. The summed E-state index contributed by atoms with van der Waals surface area (Å²) in [6, 6.07) is 28.9. The Kier molecular flexibility index (Phi) is 7.85. The molecule has 5 rings (SSSR count). The highest BCUT2D eigenvalue weighted by Crippen LogP contribution is 2.24. The lowest BCUT2D eigenvalue weighted by molar-refractivity contribution is -0.119. The second-order valence-electron chi connectivity index (χ2n) is 9.27. The molecular weight excluding hydrogens is 478 g/mol. The summed E-state index contributed by atoms with van der Waals surface area (Å²) in [6.45, 7) is 1.74. The molecule has 2 amide bonds. The maximum atomic E-state index is 12.9. The van der Waals surface area contributed by atoms with E-state index in [9.17, 15) is 9.59 Å². The second-order valence-corrected chi connectivity index (χ2v) is 9.27. The van der Waals surface area contributed by atoms with Crippen LogP contribution < -0.4 is 25.0 Å². The molecule has 1 aliphatic rings. The molecule has 1 heterocycles. The Hall–Kier alpha value is -4.36. The Morgan fingerprint density at radius 1 is 0.947 bits per heavy atom. The number of anilines is 1. The first-order chi connectivity index (χ1) is 18.6. The van der Waals surface area contributed by atoms with Crippen molar-refractivity contribution in [1.29, 1.82) is 0 Å². The maximum Gasteiger partial charge on any atom is 0.251 e. The van der Waals surface area contributed by atoms with Gasteiger partial charge in [-0.25, -0.2) is 0 Å². The zero-order valence-corrected chi connectivity index (χ0v) is 21.4. The fourth-order valence-electron chi connectivity index (χ4n) is 4.69. The third kappa shape index (κ3) is 5.95. The van der Waals surface area contributed by atoms with Crippen LogP contribution in [-0.4, -0.2) is 51.2 Å². The number of fused-ring (bicyclic) bond motifs is 1. The van der Waals surface area contributed by atoms with Gasteiger partial charge in [0.15, 0.2) is 0 Å². The third-order valence-electron chi connectivity index (χ3n) is 6.69. The fourth-order valence-corrected chi connectivity index (χ4v) is 4.69. The number of nitrogens with one attached hydrogen (secondary N) is 2. The van der Waals surface area contributed by atoms with Crippen molar-refractivity contribution in [3.63, 3.8) is 0 Å². The van der Waals surface area contributed by atoms with Gasteiger partial charge in [-0.2, -0.15) is 0 Å². The highest BCUT2D eigenvalue weighted by molar-refractivity contribution is 5.98. The minimum absolute atomic E-state index is 0.0288. The lowest BCUT2D eigenvalue weighted by Gasteiger charge is -2.36. The number of piperazine rings is 1. The van der Waals surface area contributed by atoms with Crippen LogP contribution in [-0.2, 0) is 11.2 Å². The van der Waals surface area contributed by atoms with Crippen molar-refractivity contribution < 1.29 is 19.1 Å². The quantitative estimate of drug-likeness (QED) is 0.354. The normalized spacial score (nSPS) is 15.3. The second kappa shape index (κ2) is 11.8. The Bertz CT molecular complexity index is 1420. The maximum absolute atomic E-state index is 12.9.